The summed E-state index contributed by atoms with van der Waals surface area (Å²) in [6.07, 6.45) is 5.41. The lowest BCUT2D eigenvalue weighted by atomic mass is 9.90. The topological polar surface area (TPSA) is 46.1 Å². The van der Waals surface area contributed by atoms with Gasteiger partial charge in [-0.1, -0.05) is 30.3 Å². The van der Waals surface area contributed by atoms with E-state index in [-0.39, 0.29) is 11.8 Å². The molecule has 24 heavy (non-hydrogen) atoms. The summed E-state index contributed by atoms with van der Waals surface area (Å²) in [6, 6.07) is 13.9. The van der Waals surface area contributed by atoms with E-state index in [1.165, 1.54) is 11.3 Å². The van der Waals surface area contributed by atoms with Crippen LogP contribution in [0.4, 0.5) is 5.13 Å². The van der Waals surface area contributed by atoms with Crippen molar-refractivity contribution in [2.24, 2.45) is 0 Å². The molecule has 120 valence electrons. The number of benzene rings is 1. The zero-order valence-corrected chi connectivity index (χ0v) is 13.9. The molecule has 1 amide bonds. The Morgan fingerprint density at radius 2 is 1.88 bits per heavy atom. The molecule has 0 N–H and O–H groups in total. The van der Waals surface area contributed by atoms with Crippen molar-refractivity contribution in [3.05, 3.63) is 65.8 Å². The zero-order chi connectivity index (χ0) is 16.4. The van der Waals surface area contributed by atoms with Crippen molar-refractivity contribution in [2.75, 3.05) is 11.4 Å². The zero-order valence-electron chi connectivity index (χ0n) is 13.1. The number of nitrogens with zero attached hydrogens (tertiary/aromatic N) is 3. The summed E-state index contributed by atoms with van der Waals surface area (Å²) in [5.41, 5.74) is 3.02. The molecule has 1 atom stereocenters. The molecule has 0 aliphatic carbocycles. The Morgan fingerprint density at radius 3 is 2.67 bits per heavy atom. The Labute approximate surface area is 144 Å². The number of aromatic nitrogens is 2. The number of carbonyl (C=O) groups is 1. The van der Waals surface area contributed by atoms with Crippen LogP contribution in [0.1, 0.15) is 24.3 Å². The fourth-order valence-electron chi connectivity index (χ4n) is 3.10. The van der Waals surface area contributed by atoms with E-state index in [9.17, 15) is 4.79 Å². The highest BCUT2D eigenvalue weighted by Gasteiger charge is 2.32. The van der Waals surface area contributed by atoms with E-state index in [2.05, 4.69) is 9.97 Å². The number of pyridine rings is 1. The van der Waals surface area contributed by atoms with Crippen LogP contribution in [0, 0.1) is 0 Å². The second kappa shape index (κ2) is 6.53. The van der Waals surface area contributed by atoms with Gasteiger partial charge in [-0.15, -0.1) is 11.3 Å². The first-order valence-corrected chi connectivity index (χ1v) is 8.93. The van der Waals surface area contributed by atoms with Crippen molar-refractivity contribution in [1.29, 1.82) is 0 Å². The van der Waals surface area contributed by atoms with Crippen molar-refractivity contribution in [3.63, 3.8) is 0 Å². The molecule has 1 saturated heterocycles. The van der Waals surface area contributed by atoms with Crippen LogP contribution in [0.15, 0.2) is 60.2 Å². The molecule has 1 aliphatic rings. The van der Waals surface area contributed by atoms with Gasteiger partial charge in [0.1, 0.15) is 0 Å². The van der Waals surface area contributed by atoms with Crippen LogP contribution in [0.5, 0.6) is 0 Å². The Bertz CT molecular complexity index is 832. The third kappa shape index (κ3) is 2.83. The molecule has 1 aromatic carbocycles. The molecule has 4 nitrogen and oxygen atoms in total. The number of rotatable bonds is 3. The van der Waals surface area contributed by atoms with Gasteiger partial charge in [-0.2, -0.15) is 0 Å². The van der Waals surface area contributed by atoms with E-state index in [0.29, 0.717) is 0 Å². The van der Waals surface area contributed by atoms with Crippen LogP contribution < -0.4 is 4.90 Å². The molecule has 1 fully saturated rings. The van der Waals surface area contributed by atoms with Gasteiger partial charge in [-0.3, -0.25) is 14.7 Å². The predicted octanol–water partition coefficient (Wildman–Crippen LogP) is 4.12. The maximum atomic E-state index is 13.0. The second-order valence-electron chi connectivity index (χ2n) is 5.85. The van der Waals surface area contributed by atoms with Crippen LogP contribution >= 0.6 is 11.3 Å². The van der Waals surface area contributed by atoms with Crippen LogP contribution in [0.25, 0.3) is 11.3 Å². The predicted molar refractivity (Wildman–Crippen MR) is 96.1 cm³/mol. The average molecular weight is 335 g/mol. The van der Waals surface area contributed by atoms with Gasteiger partial charge < -0.3 is 0 Å². The second-order valence-corrected chi connectivity index (χ2v) is 6.68. The normalized spacial score (nSPS) is 17.9. The third-order valence-corrected chi connectivity index (χ3v) is 5.20. The minimum Gasteiger partial charge on any atom is -0.288 e. The Morgan fingerprint density at radius 1 is 1.08 bits per heavy atom. The van der Waals surface area contributed by atoms with Crippen molar-refractivity contribution in [2.45, 2.75) is 18.8 Å². The molecule has 0 bridgehead atoms. The lowest BCUT2D eigenvalue weighted by Gasteiger charge is -2.30. The highest BCUT2D eigenvalue weighted by atomic mass is 32.1. The number of hydrogen-bond donors (Lipinski definition) is 0. The van der Waals surface area contributed by atoms with E-state index in [1.807, 2.05) is 52.7 Å². The summed E-state index contributed by atoms with van der Waals surface area (Å²) in [5.74, 6) is 0.0938. The van der Waals surface area contributed by atoms with Crippen LogP contribution in [-0.2, 0) is 4.79 Å². The highest BCUT2D eigenvalue weighted by molar-refractivity contribution is 7.14. The van der Waals surface area contributed by atoms with Gasteiger partial charge in [0.2, 0.25) is 5.91 Å². The molecule has 0 saturated carbocycles. The van der Waals surface area contributed by atoms with Crippen molar-refractivity contribution >= 4 is 22.4 Å². The van der Waals surface area contributed by atoms with Crippen LogP contribution in [0.3, 0.4) is 0 Å². The van der Waals surface area contributed by atoms with Gasteiger partial charge in [0.15, 0.2) is 5.13 Å². The molecule has 0 unspecified atom stereocenters. The molecule has 3 heterocycles. The van der Waals surface area contributed by atoms with Crippen molar-refractivity contribution in [3.8, 4) is 11.3 Å². The van der Waals surface area contributed by atoms with Crippen LogP contribution in [-0.4, -0.2) is 22.4 Å². The van der Waals surface area contributed by atoms with Crippen LogP contribution in [0.2, 0.25) is 0 Å². The fraction of sp³-hybridized carbons (Fsp3) is 0.211. The maximum Gasteiger partial charge on any atom is 0.236 e. The molecule has 1 aliphatic heterocycles. The molecule has 2 aromatic heterocycles. The standard InChI is InChI=1S/C19H17N3OS/c23-18-16(14-5-2-1-3-6-14)7-4-12-22(18)19-21-17(13-24-19)15-8-10-20-11-9-15/h1-3,5-6,8-11,13,16H,4,7,12H2/t16-/m1/s1. The van der Waals surface area contributed by atoms with Crippen molar-refractivity contribution in [1.82, 2.24) is 9.97 Å². The highest BCUT2D eigenvalue weighted by Crippen LogP contribution is 2.34. The first-order chi connectivity index (χ1) is 11.8. The fourth-order valence-corrected chi connectivity index (χ4v) is 3.97. The summed E-state index contributed by atoms with van der Waals surface area (Å²) in [6.45, 7) is 0.742. The van der Waals surface area contributed by atoms with E-state index >= 15 is 0 Å². The van der Waals surface area contributed by atoms with Crippen molar-refractivity contribution < 1.29 is 4.79 Å². The number of thiazole rings is 1. The minimum atomic E-state index is -0.0618. The molecular formula is C19H17N3OS. The average Bonchev–Trinajstić information content (AvgIpc) is 3.13. The third-order valence-electron chi connectivity index (χ3n) is 4.34. The van der Waals surface area contributed by atoms with E-state index in [0.717, 1.165) is 41.3 Å². The van der Waals surface area contributed by atoms with Gasteiger partial charge in [0, 0.05) is 29.9 Å². The Hall–Kier alpha value is -2.53. The summed E-state index contributed by atoms with van der Waals surface area (Å²) >= 11 is 1.53. The molecule has 0 radical (unpaired) electrons. The summed E-state index contributed by atoms with van der Waals surface area (Å²) in [7, 11) is 0. The number of anilines is 1. The summed E-state index contributed by atoms with van der Waals surface area (Å²) < 4.78 is 0. The first kappa shape index (κ1) is 15.0. The lowest BCUT2D eigenvalue weighted by Crippen LogP contribution is -2.40. The quantitative estimate of drug-likeness (QED) is 0.723. The van der Waals surface area contributed by atoms with Gasteiger partial charge >= 0.3 is 0 Å². The Kier molecular flexibility index (Phi) is 4.09. The number of piperidine rings is 1. The smallest absolute Gasteiger partial charge is 0.236 e. The van der Waals surface area contributed by atoms with Gasteiger partial charge in [-0.25, -0.2) is 4.98 Å². The Balaban J connectivity index is 1.60. The van der Waals surface area contributed by atoms with Gasteiger partial charge in [0.25, 0.3) is 0 Å². The first-order valence-electron chi connectivity index (χ1n) is 8.05. The molecule has 3 aromatic rings. The van der Waals surface area contributed by atoms with E-state index < -0.39 is 0 Å². The van der Waals surface area contributed by atoms with E-state index in [1.54, 1.807) is 12.4 Å². The molecular weight excluding hydrogens is 318 g/mol. The summed E-state index contributed by atoms with van der Waals surface area (Å²) in [4.78, 5) is 23.5. The maximum absolute atomic E-state index is 13.0. The molecule has 4 rings (SSSR count). The van der Waals surface area contributed by atoms with Gasteiger partial charge in [-0.05, 0) is 30.5 Å². The monoisotopic (exact) mass is 335 g/mol. The lowest BCUT2D eigenvalue weighted by molar-refractivity contribution is -0.121. The molecule has 5 heteroatoms. The van der Waals surface area contributed by atoms with E-state index in [4.69, 9.17) is 0 Å². The number of amides is 1. The molecule has 0 spiro atoms. The van der Waals surface area contributed by atoms with Gasteiger partial charge in [0.05, 0.1) is 11.6 Å². The SMILES string of the molecule is O=C1[C@@H](c2ccccc2)CCCN1c1nc(-c2ccncc2)cs1. The summed E-state index contributed by atoms with van der Waals surface area (Å²) in [5, 5.41) is 2.79. The largest absolute Gasteiger partial charge is 0.288 e. The number of hydrogen-bond acceptors (Lipinski definition) is 4. The number of carbonyl (C=O) groups excluding carboxylic acids is 1. The minimum absolute atomic E-state index is 0.0618.